The van der Waals surface area contributed by atoms with E-state index in [1.54, 1.807) is 17.9 Å². The molecule has 1 aliphatic heterocycles. The van der Waals surface area contributed by atoms with Crippen molar-refractivity contribution in [1.82, 2.24) is 4.90 Å². The van der Waals surface area contributed by atoms with Crippen molar-refractivity contribution in [3.63, 3.8) is 0 Å². The highest BCUT2D eigenvalue weighted by Gasteiger charge is 2.17. The minimum Gasteiger partial charge on any atom is -0.380 e. The van der Waals surface area contributed by atoms with E-state index in [0.717, 1.165) is 6.42 Å². The number of ether oxygens (including phenoxy) is 1. The molecule has 0 saturated carbocycles. The number of rotatable bonds is 1. The first-order chi connectivity index (χ1) is 8.18. The topological polar surface area (TPSA) is 29.5 Å². The summed E-state index contributed by atoms with van der Waals surface area (Å²) in [5.41, 5.74) is 1.05. The van der Waals surface area contributed by atoms with Crippen LogP contribution in [0.1, 0.15) is 22.3 Å². The van der Waals surface area contributed by atoms with E-state index in [2.05, 4.69) is 0 Å². The lowest BCUT2D eigenvalue weighted by Crippen LogP contribution is -2.33. The summed E-state index contributed by atoms with van der Waals surface area (Å²) in [5.74, 6) is -0.320. The standard InChI is InChI=1S/C13H16FNO2/c1-10-9-11(3-4-12(10)14)13(16)15-5-2-7-17-8-6-15/h3-4,9H,2,5-8H2,1H3. The Bertz CT molecular complexity index is 412. The van der Waals surface area contributed by atoms with Gasteiger partial charge in [-0.25, -0.2) is 4.39 Å². The van der Waals surface area contributed by atoms with Gasteiger partial charge >= 0.3 is 0 Å². The van der Waals surface area contributed by atoms with Crippen molar-refractivity contribution in [2.75, 3.05) is 26.3 Å². The molecule has 1 saturated heterocycles. The molecule has 1 aromatic rings. The lowest BCUT2D eigenvalue weighted by molar-refractivity contribution is 0.0741. The number of hydrogen-bond acceptors (Lipinski definition) is 2. The first-order valence-electron chi connectivity index (χ1n) is 5.81. The molecular formula is C13H16FNO2. The van der Waals surface area contributed by atoms with E-state index < -0.39 is 0 Å². The summed E-state index contributed by atoms with van der Waals surface area (Å²) in [6.45, 7) is 4.25. The van der Waals surface area contributed by atoms with Crippen LogP contribution in [0.25, 0.3) is 0 Å². The molecule has 1 amide bonds. The normalized spacial score (nSPS) is 16.7. The largest absolute Gasteiger partial charge is 0.380 e. The number of amides is 1. The minimum absolute atomic E-state index is 0.0430. The summed E-state index contributed by atoms with van der Waals surface area (Å²) < 4.78 is 18.4. The number of nitrogens with zero attached hydrogens (tertiary/aromatic N) is 1. The van der Waals surface area contributed by atoms with Gasteiger partial charge in [-0.3, -0.25) is 4.79 Å². The molecule has 0 atom stereocenters. The quantitative estimate of drug-likeness (QED) is 0.747. The monoisotopic (exact) mass is 237 g/mol. The van der Waals surface area contributed by atoms with Crippen LogP contribution in [0.3, 0.4) is 0 Å². The molecule has 1 heterocycles. The molecule has 0 spiro atoms. The number of carbonyl (C=O) groups is 1. The Balaban J connectivity index is 2.14. The SMILES string of the molecule is Cc1cc(C(=O)N2CCCOCC2)ccc1F. The van der Waals surface area contributed by atoms with Crippen molar-refractivity contribution < 1.29 is 13.9 Å². The van der Waals surface area contributed by atoms with Crippen LogP contribution in [0.15, 0.2) is 18.2 Å². The van der Waals surface area contributed by atoms with Gasteiger partial charge in [-0.2, -0.15) is 0 Å². The second-order valence-corrected chi connectivity index (χ2v) is 4.22. The Labute approximate surface area is 100 Å². The Morgan fingerprint density at radius 3 is 2.94 bits per heavy atom. The summed E-state index contributed by atoms with van der Waals surface area (Å²) in [7, 11) is 0. The van der Waals surface area contributed by atoms with E-state index in [-0.39, 0.29) is 11.7 Å². The van der Waals surface area contributed by atoms with E-state index in [1.807, 2.05) is 0 Å². The summed E-state index contributed by atoms with van der Waals surface area (Å²) in [5, 5.41) is 0. The highest BCUT2D eigenvalue weighted by atomic mass is 19.1. The van der Waals surface area contributed by atoms with Crippen molar-refractivity contribution in [2.24, 2.45) is 0 Å². The fraction of sp³-hybridized carbons (Fsp3) is 0.462. The third-order valence-electron chi connectivity index (χ3n) is 2.91. The zero-order chi connectivity index (χ0) is 12.3. The molecule has 1 fully saturated rings. The molecule has 4 heteroatoms. The summed E-state index contributed by atoms with van der Waals surface area (Å²) in [6.07, 6.45) is 0.853. The summed E-state index contributed by atoms with van der Waals surface area (Å²) in [4.78, 5) is 13.9. The molecule has 0 aromatic heterocycles. The Morgan fingerprint density at radius 2 is 2.18 bits per heavy atom. The molecule has 1 aliphatic rings. The number of halogens is 1. The highest BCUT2D eigenvalue weighted by molar-refractivity contribution is 5.94. The zero-order valence-corrected chi connectivity index (χ0v) is 9.91. The van der Waals surface area contributed by atoms with Crippen LogP contribution in [-0.4, -0.2) is 37.1 Å². The van der Waals surface area contributed by atoms with E-state index in [9.17, 15) is 9.18 Å². The predicted molar refractivity (Wildman–Crippen MR) is 62.5 cm³/mol. The van der Waals surface area contributed by atoms with Gasteiger partial charge in [0.2, 0.25) is 0 Å². The van der Waals surface area contributed by atoms with Crippen LogP contribution in [0, 0.1) is 12.7 Å². The molecule has 17 heavy (non-hydrogen) atoms. The maximum Gasteiger partial charge on any atom is 0.253 e. The third-order valence-corrected chi connectivity index (χ3v) is 2.91. The van der Waals surface area contributed by atoms with Gasteiger partial charge < -0.3 is 9.64 Å². The molecule has 0 aliphatic carbocycles. The van der Waals surface area contributed by atoms with E-state index in [4.69, 9.17) is 4.74 Å². The molecule has 3 nitrogen and oxygen atoms in total. The first-order valence-corrected chi connectivity index (χ1v) is 5.81. The van der Waals surface area contributed by atoms with Gasteiger partial charge in [0.15, 0.2) is 0 Å². The lowest BCUT2D eigenvalue weighted by atomic mass is 10.1. The Kier molecular flexibility index (Phi) is 3.74. The number of aryl methyl sites for hydroxylation is 1. The third kappa shape index (κ3) is 2.82. The Hall–Kier alpha value is -1.42. The van der Waals surface area contributed by atoms with Crippen molar-refractivity contribution in [3.05, 3.63) is 35.1 Å². The molecule has 0 unspecified atom stereocenters. The van der Waals surface area contributed by atoms with E-state index >= 15 is 0 Å². The minimum atomic E-state index is -0.277. The van der Waals surface area contributed by atoms with Crippen LogP contribution in [0.5, 0.6) is 0 Å². The van der Waals surface area contributed by atoms with Gasteiger partial charge in [-0.1, -0.05) is 0 Å². The highest BCUT2D eigenvalue weighted by Crippen LogP contribution is 2.12. The Morgan fingerprint density at radius 1 is 1.35 bits per heavy atom. The second kappa shape index (κ2) is 5.27. The van der Waals surface area contributed by atoms with Gasteiger partial charge in [0.25, 0.3) is 5.91 Å². The van der Waals surface area contributed by atoms with Crippen LogP contribution in [-0.2, 0) is 4.74 Å². The van der Waals surface area contributed by atoms with Crippen molar-refractivity contribution in [3.8, 4) is 0 Å². The van der Waals surface area contributed by atoms with Gasteiger partial charge in [0.1, 0.15) is 5.82 Å². The molecule has 0 N–H and O–H groups in total. The molecular weight excluding hydrogens is 221 g/mol. The number of benzene rings is 1. The smallest absolute Gasteiger partial charge is 0.253 e. The molecule has 2 rings (SSSR count). The van der Waals surface area contributed by atoms with Crippen molar-refractivity contribution in [2.45, 2.75) is 13.3 Å². The lowest BCUT2D eigenvalue weighted by Gasteiger charge is -2.19. The molecule has 1 aromatic carbocycles. The number of hydrogen-bond donors (Lipinski definition) is 0. The second-order valence-electron chi connectivity index (χ2n) is 4.22. The van der Waals surface area contributed by atoms with Gasteiger partial charge in [0.05, 0.1) is 6.61 Å². The van der Waals surface area contributed by atoms with Crippen LogP contribution in [0.2, 0.25) is 0 Å². The fourth-order valence-corrected chi connectivity index (χ4v) is 1.91. The van der Waals surface area contributed by atoms with Gasteiger partial charge in [-0.05, 0) is 37.1 Å². The van der Waals surface area contributed by atoms with Crippen LogP contribution < -0.4 is 0 Å². The average Bonchev–Trinajstić information content (AvgIpc) is 2.60. The van der Waals surface area contributed by atoms with Gasteiger partial charge in [0, 0.05) is 25.3 Å². The first kappa shape index (κ1) is 12.0. The fourth-order valence-electron chi connectivity index (χ4n) is 1.91. The van der Waals surface area contributed by atoms with Crippen molar-refractivity contribution >= 4 is 5.91 Å². The van der Waals surface area contributed by atoms with Crippen LogP contribution in [0.4, 0.5) is 4.39 Å². The maximum atomic E-state index is 13.1. The maximum absolute atomic E-state index is 13.1. The van der Waals surface area contributed by atoms with E-state index in [1.165, 1.54) is 12.1 Å². The molecule has 92 valence electrons. The molecule has 0 radical (unpaired) electrons. The summed E-state index contributed by atoms with van der Waals surface area (Å²) in [6, 6.07) is 4.48. The predicted octanol–water partition coefficient (Wildman–Crippen LogP) is 2.00. The summed E-state index contributed by atoms with van der Waals surface area (Å²) >= 11 is 0. The van der Waals surface area contributed by atoms with Crippen LogP contribution >= 0.6 is 0 Å². The van der Waals surface area contributed by atoms with E-state index in [0.29, 0.717) is 37.4 Å². The average molecular weight is 237 g/mol. The zero-order valence-electron chi connectivity index (χ0n) is 9.91. The van der Waals surface area contributed by atoms with Gasteiger partial charge in [-0.15, -0.1) is 0 Å². The number of carbonyl (C=O) groups excluding carboxylic acids is 1. The van der Waals surface area contributed by atoms with Crippen molar-refractivity contribution in [1.29, 1.82) is 0 Å². The molecule has 0 bridgehead atoms.